The molecule has 7 heteroatoms. The molecule has 1 unspecified atom stereocenters. The summed E-state index contributed by atoms with van der Waals surface area (Å²) in [5.41, 5.74) is 1.11. The van der Waals surface area contributed by atoms with Gasteiger partial charge in [-0.15, -0.1) is 0 Å². The number of nitrogens with zero attached hydrogens (tertiary/aromatic N) is 3. The molecule has 2 fully saturated rings. The molecule has 25 heavy (non-hydrogen) atoms. The average Bonchev–Trinajstić information content (AvgIpc) is 3.14. The molecule has 0 radical (unpaired) electrons. The molecule has 3 amide bonds. The highest BCUT2D eigenvalue weighted by molar-refractivity contribution is 5.77. The Bertz CT molecular complexity index is 588. The standard InChI is InChI=1S/C18H29N5O2/c1-2-8-20-17(25)23-9-3-6-18(13-23)7-4-16(24)22(12-18)10-5-15-11-19-14-21-15/h11,14H,2-10,12-13H2,1H3,(H,19,21)(H,20,25). The van der Waals surface area contributed by atoms with Crippen molar-refractivity contribution in [2.45, 2.75) is 45.4 Å². The molecule has 0 saturated carbocycles. The van der Waals surface area contributed by atoms with Gasteiger partial charge >= 0.3 is 6.03 Å². The van der Waals surface area contributed by atoms with Crippen molar-refractivity contribution in [1.82, 2.24) is 25.1 Å². The van der Waals surface area contributed by atoms with E-state index in [1.807, 2.05) is 16.0 Å². The maximum absolute atomic E-state index is 12.3. The Kier molecular flexibility index (Phi) is 5.60. The number of carbonyl (C=O) groups excluding carboxylic acids is 2. The Hall–Kier alpha value is -2.05. The summed E-state index contributed by atoms with van der Waals surface area (Å²) in [6, 6.07) is 0.0434. The van der Waals surface area contributed by atoms with Crippen LogP contribution in [0.15, 0.2) is 12.5 Å². The van der Waals surface area contributed by atoms with Crippen LogP contribution in [0.4, 0.5) is 4.79 Å². The number of likely N-dealkylation sites (tertiary alicyclic amines) is 2. The van der Waals surface area contributed by atoms with Gasteiger partial charge in [0, 0.05) is 62.9 Å². The van der Waals surface area contributed by atoms with E-state index < -0.39 is 0 Å². The Labute approximate surface area is 149 Å². The zero-order valence-corrected chi connectivity index (χ0v) is 15.1. The van der Waals surface area contributed by atoms with Gasteiger partial charge in [-0.2, -0.15) is 0 Å². The van der Waals surface area contributed by atoms with Crippen molar-refractivity contribution in [3.05, 3.63) is 18.2 Å². The van der Waals surface area contributed by atoms with Gasteiger partial charge < -0.3 is 20.1 Å². The van der Waals surface area contributed by atoms with Crippen LogP contribution in [0.3, 0.4) is 0 Å². The quantitative estimate of drug-likeness (QED) is 0.852. The molecule has 2 N–H and O–H groups in total. The molecule has 1 spiro atoms. The first-order valence-electron chi connectivity index (χ1n) is 9.40. The van der Waals surface area contributed by atoms with E-state index >= 15 is 0 Å². The number of hydrogen-bond donors (Lipinski definition) is 2. The second kappa shape index (κ2) is 7.89. The highest BCUT2D eigenvalue weighted by Crippen LogP contribution is 2.38. The number of urea groups is 1. The molecule has 1 atom stereocenters. The van der Waals surface area contributed by atoms with Crippen LogP contribution in [0.25, 0.3) is 0 Å². The number of aromatic nitrogens is 2. The van der Waals surface area contributed by atoms with Gasteiger partial charge in [-0.3, -0.25) is 4.79 Å². The molecule has 138 valence electrons. The van der Waals surface area contributed by atoms with Gasteiger partial charge in [0.05, 0.1) is 6.33 Å². The van der Waals surface area contributed by atoms with Crippen molar-refractivity contribution in [2.75, 3.05) is 32.7 Å². The van der Waals surface area contributed by atoms with E-state index in [-0.39, 0.29) is 17.4 Å². The molecule has 2 saturated heterocycles. The third kappa shape index (κ3) is 4.32. The number of imidazole rings is 1. The number of amides is 3. The summed E-state index contributed by atoms with van der Waals surface area (Å²) in [6.45, 7) is 5.83. The smallest absolute Gasteiger partial charge is 0.317 e. The number of H-pyrrole nitrogens is 1. The van der Waals surface area contributed by atoms with E-state index in [1.54, 1.807) is 6.33 Å². The fourth-order valence-corrected chi connectivity index (χ4v) is 4.04. The van der Waals surface area contributed by atoms with Crippen LogP contribution in [0, 0.1) is 5.41 Å². The Morgan fingerprint density at radius 2 is 2.28 bits per heavy atom. The van der Waals surface area contributed by atoms with E-state index in [9.17, 15) is 9.59 Å². The number of rotatable bonds is 5. The largest absolute Gasteiger partial charge is 0.348 e. The topological polar surface area (TPSA) is 81.3 Å². The summed E-state index contributed by atoms with van der Waals surface area (Å²) in [7, 11) is 0. The maximum atomic E-state index is 12.3. The van der Waals surface area contributed by atoms with E-state index in [4.69, 9.17) is 0 Å². The van der Waals surface area contributed by atoms with Crippen LogP contribution < -0.4 is 5.32 Å². The highest BCUT2D eigenvalue weighted by Gasteiger charge is 2.42. The van der Waals surface area contributed by atoms with Crippen molar-refractivity contribution < 1.29 is 9.59 Å². The molecule has 2 aliphatic heterocycles. The lowest BCUT2D eigenvalue weighted by Crippen LogP contribution is -2.56. The number of nitrogens with one attached hydrogen (secondary N) is 2. The number of hydrogen-bond acceptors (Lipinski definition) is 3. The van der Waals surface area contributed by atoms with E-state index in [1.165, 1.54) is 0 Å². The molecule has 1 aromatic heterocycles. The minimum atomic E-state index is 0.0434. The Balaban J connectivity index is 1.60. The first-order valence-corrected chi connectivity index (χ1v) is 9.40. The number of aromatic amines is 1. The van der Waals surface area contributed by atoms with Gasteiger partial charge in [0.2, 0.25) is 5.91 Å². The maximum Gasteiger partial charge on any atom is 0.317 e. The lowest BCUT2D eigenvalue weighted by atomic mass is 9.73. The second-order valence-corrected chi connectivity index (χ2v) is 7.40. The van der Waals surface area contributed by atoms with Gasteiger partial charge in [0.25, 0.3) is 0 Å². The zero-order valence-electron chi connectivity index (χ0n) is 15.1. The third-order valence-corrected chi connectivity index (χ3v) is 5.43. The molecule has 0 aromatic carbocycles. The van der Waals surface area contributed by atoms with Crippen molar-refractivity contribution in [2.24, 2.45) is 5.41 Å². The summed E-state index contributed by atoms with van der Waals surface area (Å²) in [6.07, 6.45) is 8.81. The molecule has 3 rings (SSSR count). The lowest BCUT2D eigenvalue weighted by molar-refractivity contribution is -0.138. The summed E-state index contributed by atoms with van der Waals surface area (Å²) in [4.78, 5) is 35.7. The first-order chi connectivity index (χ1) is 12.1. The normalized spacial score (nSPS) is 24.0. The number of carbonyl (C=O) groups is 2. The minimum absolute atomic E-state index is 0.0434. The minimum Gasteiger partial charge on any atom is -0.348 e. The number of piperidine rings is 2. The van der Waals surface area contributed by atoms with Crippen molar-refractivity contribution in [3.8, 4) is 0 Å². The van der Waals surface area contributed by atoms with Crippen LogP contribution in [0.5, 0.6) is 0 Å². The van der Waals surface area contributed by atoms with Gasteiger partial charge in [0.1, 0.15) is 0 Å². The molecular weight excluding hydrogens is 318 g/mol. The fourth-order valence-electron chi connectivity index (χ4n) is 4.04. The molecule has 0 aliphatic carbocycles. The molecule has 2 aliphatic rings. The predicted molar refractivity (Wildman–Crippen MR) is 95.0 cm³/mol. The van der Waals surface area contributed by atoms with Gasteiger partial charge in [0.15, 0.2) is 0 Å². The monoisotopic (exact) mass is 347 g/mol. The van der Waals surface area contributed by atoms with Gasteiger partial charge in [-0.25, -0.2) is 9.78 Å². The molecule has 3 heterocycles. The summed E-state index contributed by atoms with van der Waals surface area (Å²) >= 11 is 0. The van der Waals surface area contributed by atoms with Crippen LogP contribution in [-0.4, -0.2) is 64.4 Å². The van der Waals surface area contributed by atoms with E-state index in [0.717, 1.165) is 64.0 Å². The Morgan fingerprint density at radius 3 is 3.04 bits per heavy atom. The summed E-state index contributed by atoms with van der Waals surface area (Å²) in [5, 5.41) is 2.98. The summed E-state index contributed by atoms with van der Waals surface area (Å²) < 4.78 is 0. The molecular formula is C18H29N5O2. The molecule has 0 bridgehead atoms. The molecule has 1 aromatic rings. The van der Waals surface area contributed by atoms with Crippen LogP contribution in [0.2, 0.25) is 0 Å². The SMILES string of the molecule is CCCNC(=O)N1CCCC2(CCC(=O)N(CCc3cnc[nH]3)C2)C1. The van der Waals surface area contributed by atoms with Crippen molar-refractivity contribution in [1.29, 1.82) is 0 Å². The van der Waals surface area contributed by atoms with Crippen molar-refractivity contribution >= 4 is 11.9 Å². The van der Waals surface area contributed by atoms with Gasteiger partial charge in [-0.1, -0.05) is 6.92 Å². The summed E-state index contributed by atoms with van der Waals surface area (Å²) in [5.74, 6) is 0.234. The van der Waals surface area contributed by atoms with E-state index in [0.29, 0.717) is 13.0 Å². The zero-order chi connectivity index (χ0) is 17.7. The lowest BCUT2D eigenvalue weighted by Gasteiger charge is -2.48. The first kappa shape index (κ1) is 17.8. The predicted octanol–water partition coefficient (Wildman–Crippen LogP) is 1.78. The molecule has 7 nitrogen and oxygen atoms in total. The highest BCUT2D eigenvalue weighted by atomic mass is 16.2. The average molecular weight is 347 g/mol. The fraction of sp³-hybridized carbons (Fsp3) is 0.722. The second-order valence-electron chi connectivity index (χ2n) is 7.40. The van der Waals surface area contributed by atoms with Crippen molar-refractivity contribution in [3.63, 3.8) is 0 Å². The Morgan fingerprint density at radius 1 is 1.40 bits per heavy atom. The third-order valence-electron chi connectivity index (χ3n) is 5.43. The van der Waals surface area contributed by atoms with Crippen LogP contribution >= 0.6 is 0 Å². The van der Waals surface area contributed by atoms with Crippen LogP contribution in [-0.2, 0) is 11.2 Å². The van der Waals surface area contributed by atoms with Gasteiger partial charge in [-0.05, 0) is 25.7 Å². The van der Waals surface area contributed by atoms with Crippen LogP contribution in [0.1, 0.15) is 44.7 Å². The van der Waals surface area contributed by atoms with E-state index in [2.05, 4.69) is 22.2 Å².